The number of anilines is 1. The summed E-state index contributed by atoms with van der Waals surface area (Å²) in [5, 5.41) is 2.78. The highest BCUT2D eigenvalue weighted by Crippen LogP contribution is 2.20. The van der Waals surface area contributed by atoms with Crippen LogP contribution in [0.5, 0.6) is 0 Å². The molecule has 0 aromatic heterocycles. The van der Waals surface area contributed by atoms with Crippen LogP contribution < -0.4 is 5.32 Å². The normalized spacial score (nSPS) is 10.0. The van der Waals surface area contributed by atoms with Crippen molar-refractivity contribution >= 4 is 33.8 Å². The van der Waals surface area contributed by atoms with Gasteiger partial charge >= 0.3 is 0 Å². The third-order valence-corrected chi connectivity index (χ3v) is 3.65. The van der Waals surface area contributed by atoms with Gasteiger partial charge in [-0.15, -0.1) is 0 Å². The lowest BCUT2D eigenvalue weighted by molar-refractivity contribution is 0.102. The van der Waals surface area contributed by atoms with Crippen LogP contribution >= 0.6 is 15.9 Å². The molecule has 2 rings (SSSR count). The van der Waals surface area contributed by atoms with Gasteiger partial charge in [0.05, 0.1) is 0 Å². The summed E-state index contributed by atoms with van der Waals surface area (Å²) in [6, 6.07) is 12.3. The summed E-state index contributed by atoms with van der Waals surface area (Å²) in [5.74, 6) is -0.193. The van der Waals surface area contributed by atoms with Crippen molar-refractivity contribution in [2.75, 3.05) is 5.32 Å². The Bertz CT molecular complexity index is 638. The van der Waals surface area contributed by atoms with E-state index < -0.39 is 0 Å². The van der Waals surface area contributed by atoms with Crippen LogP contribution in [0.3, 0.4) is 0 Å². The van der Waals surface area contributed by atoms with Crippen LogP contribution in [0.2, 0.25) is 0 Å². The second-order valence-corrected chi connectivity index (χ2v) is 4.96. The van der Waals surface area contributed by atoms with Crippen molar-refractivity contribution < 1.29 is 9.59 Å². The van der Waals surface area contributed by atoms with Gasteiger partial charge in [-0.3, -0.25) is 9.59 Å². The van der Waals surface area contributed by atoms with E-state index in [4.69, 9.17) is 0 Å². The number of carbonyl (C=O) groups is 2. The summed E-state index contributed by atoms with van der Waals surface area (Å²) in [7, 11) is 0. The van der Waals surface area contributed by atoms with Crippen molar-refractivity contribution in [1.82, 2.24) is 0 Å². The summed E-state index contributed by atoms with van der Waals surface area (Å²) < 4.78 is 0.891. The van der Waals surface area contributed by atoms with Crippen LogP contribution in [-0.4, -0.2) is 12.2 Å². The van der Waals surface area contributed by atoms with Gasteiger partial charge in [0, 0.05) is 21.3 Å². The van der Waals surface area contributed by atoms with E-state index in [0.717, 1.165) is 16.3 Å². The zero-order valence-electron chi connectivity index (χ0n) is 10.3. The largest absolute Gasteiger partial charge is 0.322 e. The van der Waals surface area contributed by atoms with Gasteiger partial charge in [-0.2, -0.15) is 0 Å². The molecule has 0 aliphatic heterocycles. The monoisotopic (exact) mass is 317 g/mol. The van der Waals surface area contributed by atoms with E-state index in [1.165, 1.54) is 0 Å². The molecule has 0 heterocycles. The summed E-state index contributed by atoms with van der Waals surface area (Å²) >= 11 is 3.40. The number of halogens is 1. The highest BCUT2D eigenvalue weighted by molar-refractivity contribution is 9.10. The van der Waals surface area contributed by atoms with Crippen molar-refractivity contribution in [3.8, 4) is 0 Å². The van der Waals surface area contributed by atoms with Crippen molar-refractivity contribution in [3.05, 3.63) is 63.6 Å². The molecule has 19 heavy (non-hydrogen) atoms. The minimum atomic E-state index is -0.193. The van der Waals surface area contributed by atoms with Crippen LogP contribution in [0.1, 0.15) is 26.3 Å². The number of amides is 1. The van der Waals surface area contributed by atoms with Gasteiger partial charge in [-0.25, -0.2) is 0 Å². The lowest BCUT2D eigenvalue weighted by atomic mass is 10.1. The van der Waals surface area contributed by atoms with Crippen LogP contribution in [0.25, 0.3) is 0 Å². The fraction of sp³-hybridized carbons (Fsp3) is 0.0667. The molecule has 0 atom stereocenters. The summed E-state index contributed by atoms with van der Waals surface area (Å²) in [6.45, 7) is 1.88. The zero-order chi connectivity index (χ0) is 13.8. The molecule has 0 fully saturated rings. The fourth-order valence-electron chi connectivity index (χ4n) is 1.74. The van der Waals surface area contributed by atoms with E-state index in [-0.39, 0.29) is 5.91 Å². The predicted octanol–water partition coefficient (Wildman–Crippen LogP) is 3.82. The molecule has 1 N–H and O–H groups in total. The fourth-order valence-corrected chi connectivity index (χ4v) is 2.11. The number of aldehydes is 1. The Kier molecular flexibility index (Phi) is 4.12. The number of hydrogen-bond donors (Lipinski definition) is 1. The van der Waals surface area contributed by atoms with Crippen LogP contribution in [0.4, 0.5) is 5.69 Å². The maximum Gasteiger partial charge on any atom is 0.255 e. The second kappa shape index (κ2) is 5.80. The third kappa shape index (κ3) is 3.09. The molecule has 0 unspecified atom stereocenters. The van der Waals surface area contributed by atoms with Crippen molar-refractivity contribution in [1.29, 1.82) is 0 Å². The molecule has 2 aromatic rings. The molecule has 3 nitrogen and oxygen atoms in total. The average molecular weight is 318 g/mol. The highest BCUT2D eigenvalue weighted by atomic mass is 79.9. The minimum absolute atomic E-state index is 0.193. The molecule has 96 valence electrons. The first-order valence-corrected chi connectivity index (χ1v) is 6.53. The first-order chi connectivity index (χ1) is 9.11. The molecule has 0 spiro atoms. The van der Waals surface area contributed by atoms with Gasteiger partial charge in [-0.05, 0) is 36.8 Å². The smallest absolute Gasteiger partial charge is 0.255 e. The lowest BCUT2D eigenvalue weighted by Gasteiger charge is -2.09. The first kappa shape index (κ1) is 13.5. The molecular formula is C15H12BrNO2. The van der Waals surface area contributed by atoms with E-state index >= 15 is 0 Å². The number of carbonyl (C=O) groups excluding carboxylic acids is 2. The third-order valence-electron chi connectivity index (χ3n) is 2.79. The Hall–Kier alpha value is -1.94. The minimum Gasteiger partial charge on any atom is -0.322 e. The van der Waals surface area contributed by atoms with Crippen molar-refractivity contribution in [3.63, 3.8) is 0 Å². The number of benzene rings is 2. The standard InChI is InChI=1S/C15H12BrNO2/c1-10-13(6-3-7-14(10)16)15(19)17-12-5-2-4-11(8-12)9-18/h2-9H,1H3,(H,17,19). The Morgan fingerprint density at radius 1 is 1.21 bits per heavy atom. The van der Waals surface area contributed by atoms with Gasteiger partial charge < -0.3 is 5.32 Å². The molecule has 2 aromatic carbocycles. The van der Waals surface area contributed by atoms with Gasteiger partial charge in [0.2, 0.25) is 0 Å². The van der Waals surface area contributed by atoms with Crippen LogP contribution in [0, 0.1) is 6.92 Å². The Labute approximate surface area is 119 Å². The molecule has 4 heteroatoms. The maximum absolute atomic E-state index is 12.2. The highest BCUT2D eigenvalue weighted by Gasteiger charge is 2.10. The topological polar surface area (TPSA) is 46.2 Å². The van der Waals surface area contributed by atoms with Crippen LogP contribution in [-0.2, 0) is 0 Å². The zero-order valence-corrected chi connectivity index (χ0v) is 11.9. The van der Waals surface area contributed by atoms with E-state index in [1.54, 1.807) is 30.3 Å². The molecule has 0 saturated carbocycles. The van der Waals surface area contributed by atoms with E-state index in [9.17, 15) is 9.59 Å². The first-order valence-electron chi connectivity index (χ1n) is 5.73. The van der Waals surface area contributed by atoms with E-state index in [0.29, 0.717) is 16.8 Å². The van der Waals surface area contributed by atoms with Crippen LogP contribution in [0.15, 0.2) is 46.9 Å². The van der Waals surface area contributed by atoms with E-state index in [1.807, 2.05) is 19.1 Å². The summed E-state index contributed by atoms with van der Waals surface area (Å²) in [6.07, 6.45) is 0.750. The van der Waals surface area contributed by atoms with Gasteiger partial charge in [0.15, 0.2) is 0 Å². The predicted molar refractivity (Wildman–Crippen MR) is 78.7 cm³/mol. The molecule has 0 aliphatic rings. The van der Waals surface area contributed by atoms with Crippen molar-refractivity contribution in [2.24, 2.45) is 0 Å². The molecule has 0 bridgehead atoms. The van der Waals surface area contributed by atoms with Gasteiger partial charge in [0.25, 0.3) is 5.91 Å². The number of nitrogens with one attached hydrogen (secondary N) is 1. The summed E-state index contributed by atoms with van der Waals surface area (Å²) in [4.78, 5) is 22.9. The SMILES string of the molecule is Cc1c(Br)cccc1C(=O)Nc1cccc(C=O)c1. The molecule has 0 aliphatic carbocycles. The average Bonchev–Trinajstić information content (AvgIpc) is 2.42. The Morgan fingerprint density at radius 3 is 2.68 bits per heavy atom. The summed E-state index contributed by atoms with van der Waals surface area (Å²) in [5.41, 5.74) is 2.62. The van der Waals surface area contributed by atoms with Crippen molar-refractivity contribution in [2.45, 2.75) is 6.92 Å². The van der Waals surface area contributed by atoms with Gasteiger partial charge in [-0.1, -0.05) is 34.1 Å². The van der Waals surface area contributed by atoms with E-state index in [2.05, 4.69) is 21.2 Å². The Morgan fingerprint density at radius 2 is 1.95 bits per heavy atom. The maximum atomic E-state index is 12.2. The number of hydrogen-bond acceptors (Lipinski definition) is 2. The second-order valence-electron chi connectivity index (χ2n) is 4.11. The molecule has 0 radical (unpaired) electrons. The quantitative estimate of drug-likeness (QED) is 0.875. The Balaban J connectivity index is 2.25. The molecule has 0 saturated heterocycles. The lowest BCUT2D eigenvalue weighted by Crippen LogP contribution is -2.13. The molecule has 1 amide bonds. The number of rotatable bonds is 3. The molecular weight excluding hydrogens is 306 g/mol. The van der Waals surface area contributed by atoms with Gasteiger partial charge in [0.1, 0.15) is 6.29 Å².